The molecule has 3 aliphatic carbocycles. The first-order chi connectivity index (χ1) is 12.7. The van der Waals surface area contributed by atoms with Crippen LogP contribution in [0.5, 0.6) is 0 Å². The maximum atomic E-state index is 12.5. The van der Waals surface area contributed by atoms with Crippen molar-refractivity contribution < 1.29 is 14.6 Å². The number of ether oxygens (including phenoxy) is 1. The van der Waals surface area contributed by atoms with Crippen molar-refractivity contribution in [3.8, 4) is 0 Å². The summed E-state index contributed by atoms with van der Waals surface area (Å²) in [6.07, 6.45) is 5.71. The normalized spacial score (nSPS) is 39.6. The zero-order valence-corrected chi connectivity index (χ0v) is 16.5. The van der Waals surface area contributed by atoms with Crippen LogP contribution >= 0.6 is 0 Å². The van der Waals surface area contributed by atoms with Gasteiger partial charge < -0.3 is 9.84 Å². The first kappa shape index (κ1) is 18.5. The highest BCUT2D eigenvalue weighted by molar-refractivity contribution is 5.87. The van der Waals surface area contributed by atoms with Crippen LogP contribution in [0.4, 0.5) is 0 Å². The second-order valence-electron chi connectivity index (χ2n) is 9.48. The van der Waals surface area contributed by atoms with E-state index in [1.165, 1.54) is 6.08 Å². The molecule has 27 heavy (non-hydrogen) atoms. The van der Waals surface area contributed by atoms with Crippen molar-refractivity contribution in [2.45, 2.75) is 51.7 Å². The fraction of sp³-hybridized carbons (Fsp3) is 0.542. The molecule has 1 N–H and O–H groups in total. The van der Waals surface area contributed by atoms with Crippen LogP contribution in [0.2, 0.25) is 0 Å². The smallest absolute Gasteiger partial charge is 0.331 e. The largest absolute Gasteiger partial charge is 0.459 e. The lowest BCUT2D eigenvalue weighted by molar-refractivity contribution is -0.144. The van der Waals surface area contributed by atoms with Gasteiger partial charge in [0.1, 0.15) is 6.10 Å². The van der Waals surface area contributed by atoms with Gasteiger partial charge in [-0.3, -0.25) is 0 Å². The number of hydrogen-bond acceptors (Lipinski definition) is 3. The molecule has 0 spiro atoms. The predicted octanol–water partition coefficient (Wildman–Crippen LogP) is 4.62. The van der Waals surface area contributed by atoms with Gasteiger partial charge in [0.15, 0.2) is 0 Å². The van der Waals surface area contributed by atoms with Crippen LogP contribution in [0, 0.1) is 29.1 Å². The molecule has 0 radical (unpaired) electrons. The summed E-state index contributed by atoms with van der Waals surface area (Å²) >= 11 is 0. The van der Waals surface area contributed by atoms with E-state index in [1.807, 2.05) is 37.3 Å². The first-order valence-corrected chi connectivity index (χ1v) is 10.1. The summed E-state index contributed by atoms with van der Waals surface area (Å²) in [4.78, 5) is 12.5. The Morgan fingerprint density at radius 2 is 1.89 bits per heavy atom. The summed E-state index contributed by atoms with van der Waals surface area (Å²) in [6, 6.07) is 9.76. The Balaban J connectivity index is 1.52. The first-order valence-electron chi connectivity index (χ1n) is 10.1. The summed E-state index contributed by atoms with van der Waals surface area (Å²) in [5, 5.41) is 11.0. The lowest BCUT2D eigenvalue weighted by atomic mass is 9.77. The number of rotatable bonds is 3. The Kier molecular flexibility index (Phi) is 4.34. The van der Waals surface area contributed by atoms with Crippen LogP contribution in [0.25, 0.3) is 6.08 Å². The molecule has 1 aromatic rings. The fourth-order valence-electron chi connectivity index (χ4n) is 6.01. The SMILES string of the molecule is C=C1C[C@H](OC(=O)/C=C/c2ccccc2)[C@@H]2[C@@H]([C@@H]3[C@H]1CC[C@]3(C)O)C2(C)C. The summed E-state index contributed by atoms with van der Waals surface area (Å²) in [5.74, 6) is 0.960. The van der Waals surface area contributed by atoms with Crippen molar-refractivity contribution in [3.05, 3.63) is 54.1 Å². The Morgan fingerprint density at radius 3 is 2.59 bits per heavy atom. The lowest BCUT2D eigenvalue weighted by Crippen LogP contribution is -2.34. The maximum Gasteiger partial charge on any atom is 0.331 e. The molecule has 0 heterocycles. The van der Waals surface area contributed by atoms with Crippen LogP contribution < -0.4 is 0 Å². The van der Waals surface area contributed by atoms with Gasteiger partial charge in [-0.1, -0.05) is 56.3 Å². The van der Waals surface area contributed by atoms with Crippen molar-refractivity contribution in [3.63, 3.8) is 0 Å². The van der Waals surface area contributed by atoms with Gasteiger partial charge in [-0.25, -0.2) is 4.79 Å². The predicted molar refractivity (Wildman–Crippen MR) is 107 cm³/mol. The number of carbonyl (C=O) groups is 1. The van der Waals surface area contributed by atoms with E-state index in [2.05, 4.69) is 20.4 Å². The van der Waals surface area contributed by atoms with Gasteiger partial charge in [-0.05, 0) is 54.6 Å². The lowest BCUT2D eigenvalue weighted by Gasteiger charge is -2.31. The number of carbonyl (C=O) groups excluding carboxylic acids is 1. The van der Waals surface area contributed by atoms with E-state index in [0.717, 1.165) is 24.0 Å². The molecule has 0 aromatic heterocycles. The van der Waals surface area contributed by atoms with Crippen molar-refractivity contribution in [1.29, 1.82) is 0 Å². The third-order valence-electron chi connectivity index (χ3n) is 7.36. The van der Waals surface area contributed by atoms with Gasteiger partial charge in [0.25, 0.3) is 0 Å². The van der Waals surface area contributed by atoms with Crippen LogP contribution in [-0.4, -0.2) is 22.8 Å². The molecule has 3 saturated carbocycles. The van der Waals surface area contributed by atoms with Crippen LogP contribution in [-0.2, 0) is 9.53 Å². The van der Waals surface area contributed by atoms with Crippen LogP contribution in [0.1, 0.15) is 45.6 Å². The van der Waals surface area contributed by atoms with Crippen molar-refractivity contribution >= 4 is 12.0 Å². The van der Waals surface area contributed by atoms with Gasteiger partial charge in [-0.15, -0.1) is 0 Å². The molecule has 0 saturated heterocycles. The number of benzene rings is 1. The Morgan fingerprint density at radius 1 is 1.19 bits per heavy atom. The second-order valence-corrected chi connectivity index (χ2v) is 9.48. The number of esters is 1. The minimum atomic E-state index is -0.642. The molecule has 144 valence electrons. The van der Waals surface area contributed by atoms with E-state index in [9.17, 15) is 9.90 Å². The fourth-order valence-corrected chi connectivity index (χ4v) is 6.01. The third-order valence-corrected chi connectivity index (χ3v) is 7.36. The van der Waals surface area contributed by atoms with E-state index < -0.39 is 5.60 Å². The van der Waals surface area contributed by atoms with Gasteiger partial charge in [0.2, 0.25) is 0 Å². The highest BCUT2D eigenvalue weighted by Crippen LogP contribution is 2.71. The molecule has 0 amide bonds. The molecule has 3 fully saturated rings. The molecule has 3 aliphatic rings. The summed E-state index contributed by atoms with van der Waals surface area (Å²) < 4.78 is 5.92. The Hall–Kier alpha value is -1.87. The number of fused-ring (bicyclic) bond motifs is 3. The number of hydrogen-bond donors (Lipinski definition) is 1. The highest BCUT2D eigenvalue weighted by Gasteiger charge is 2.70. The summed E-state index contributed by atoms with van der Waals surface area (Å²) in [5.41, 5.74) is 1.57. The van der Waals surface area contributed by atoms with Crippen molar-refractivity contribution in [2.75, 3.05) is 0 Å². The standard InChI is InChI=1S/C24H30O3/c1-15-14-18(27-19(25)11-10-16-8-6-5-7-9-16)21-22(23(21,2)3)20-17(15)12-13-24(20,4)26/h5-11,17-18,20-22,26H,1,12-14H2,2-4H3/b11-10+/t17-,18-,20-,21+,22+,24-/m0/s1. The van der Waals surface area contributed by atoms with Gasteiger partial charge in [0, 0.05) is 18.4 Å². The average molecular weight is 367 g/mol. The van der Waals surface area contributed by atoms with Crippen LogP contribution in [0.15, 0.2) is 48.6 Å². The van der Waals surface area contributed by atoms with E-state index >= 15 is 0 Å². The molecule has 0 bridgehead atoms. The third kappa shape index (κ3) is 3.16. The molecular formula is C24H30O3. The van der Waals surface area contributed by atoms with E-state index in [0.29, 0.717) is 24.2 Å². The molecule has 0 unspecified atom stereocenters. The average Bonchev–Trinajstić information content (AvgIpc) is 3.07. The van der Waals surface area contributed by atoms with Crippen LogP contribution in [0.3, 0.4) is 0 Å². The Bertz CT molecular complexity index is 774. The molecule has 0 aliphatic heterocycles. The summed E-state index contributed by atoms with van der Waals surface area (Å²) in [6.45, 7) is 10.8. The number of aliphatic hydroxyl groups is 1. The van der Waals surface area contributed by atoms with E-state index in [4.69, 9.17) is 4.74 Å². The highest BCUT2D eigenvalue weighted by atomic mass is 16.5. The van der Waals surface area contributed by atoms with Gasteiger partial charge in [0.05, 0.1) is 5.60 Å². The molecule has 1 aromatic carbocycles. The zero-order valence-electron chi connectivity index (χ0n) is 16.5. The van der Waals surface area contributed by atoms with Gasteiger partial charge >= 0.3 is 5.97 Å². The van der Waals surface area contributed by atoms with E-state index in [-0.39, 0.29) is 23.4 Å². The van der Waals surface area contributed by atoms with E-state index in [1.54, 1.807) is 6.08 Å². The topological polar surface area (TPSA) is 46.5 Å². The van der Waals surface area contributed by atoms with Gasteiger partial charge in [-0.2, -0.15) is 0 Å². The monoisotopic (exact) mass is 366 g/mol. The maximum absolute atomic E-state index is 12.5. The second kappa shape index (κ2) is 6.34. The quantitative estimate of drug-likeness (QED) is 0.482. The van der Waals surface area contributed by atoms with Crippen molar-refractivity contribution in [2.24, 2.45) is 29.1 Å². The van der Waals surface area contributed by atoms with Crippen molar-refractivity contribution in [1.82, 2.24) is 0 Å². The minimum Gasteiger partial charge on any atom is -0.459 e. The molecule has 4 rings (SSSR count). The molecule has 3 nitrogen and oxygen atoms in total. The summed E-state index contributed by atoms with van der Waals surface area (Å²) in [7, 11) is 0. The Labute approximate surface area is 162 Å². The zero-order chi connectivity index (χ0) is 19.4. The molecule has 3 heteroatoms. The molecular weight excluding hydrogens is 336 g/mol. The molecule has 6 atom stereocenters. The minimum absolute atomic E-state index is 0.0893.